The molecule has 4 atom stereocenters. The van der Waals surface area contributed by atoms with Crippen LogP contribution in [0, 0.1) is 11.7 Å². The Kier molecular flexibility index (Phi) is 8.14. The van der Waals surface area contributed by atoms with E-state index < -0.39 is 29.2 Å². The van der Waals surface area contributed by atoms with E-state index in [0.29, 0.717) is 63.1 Å². The maximum Gasteiger partial charge on any atom is 0.253 e. The monoisotopic (exact) mass is 688 g/mol. The highest BCUT2D eigenvalue weighted by Gasteiger charge is 2.66. The Morgan fingerprint density at radius 2 is 1.54 bits per heavy atom. The van der Waals surface area contributed by atoms with Gasteiger partial charge in [0, 0.05) is 78.7 Å². The number of likely N-dealkylation sites (N-methyl/N-ethyl adjacent to an activating group) is 1. The number of rotatable bonds is 6. The average molecular weight is 689 g/mol. The van der Waals surface area contributed by atoms with E-state index in [2.05, 4.69) is 10.6 Å². The number of halogens is 2. The Labute approximate surface area is 293 Å². The van der Waals surface area contributed by atoms with Crippen LogP contribution in [0.15, 0.2) is 114 Å². The molecule has 1 spiro atoms. The molecule has 50 heavy (non-hydrogen) atoms. The fraction of sp³-hybridized carbons (Fsp3) is 0.225. The third-order valence-electron chi connectivity index (χ3n) is 10.3. The molecule has 3 aliphatic rings. The number of hydrogen-bond donors (Lipinski definition) is 2. The summed E-state index contributed by atoms with van der Waals surface area (Å²) in [6.45, 7) is 2.64. The summed E-state index contributed by atoms with van der Waals surface area (Å²) >= 11 is 6.55. The molecule has 0 unspecified atom stereocenters. The van der Waals surface area contributed by atoms with Gasteiger partial charge < -0.3 is 19.5 Å². The molecule has 3 aliphatic heterocycles. The van der Waals surface area contributed by atoms with Gasteiger partial charge in [0.2, 0.25) is 0 Å². The van der Waals surface area contributed by atoms with Crippen molar-refractivity contribution in [2.45, 2.75) is 17.5 Å². The van der Waals surface area contributed by atoms with Gasteiger partial charge in [-0.3, -0.25) is 19.7 Å². The Hall–Kier alpha value is -5.09. The summed E-state index contributed by atoms with van der Waals surface area (Å²) < 4.78 is 22.3. The number of fused-ring (bicyclic) bond motifs is 2. The molecular formula is C40H34ClFN4O4. The maximum atomic E-state index is 15.8. The molecule has 2 fully saturated rings. The van der Waals surface area contributed by atoms with Gasteiger partial charge >= 0.3 is 0 Å². The van der Waals surface area contributed by atoms with Gasteiger partial charge in [0.25, 0.3) is 11.8 Å². The first kappa shape index (κ1) is 32.1. The number of nitrogens with zero attached hydrogens (tertiary/aromatic N) is 2. The summed E-state index contributed by atoms with van der Waals surface area (Å²) in [5, 5.41) is 7.28. The van der Waals surface area contributed by atoms with Crippen molar-refractivity contribution in [3.8, 4) is 11.3 Å². The van der Waals surface area contributed by atoms with Crippen LogP contribution in [0.3, 0.4) is 0 Å². The summed E-state index contributed by atoms with van der Waals surface area (Å²) in [5.74, 6) is -2.27. The molecule has 0 radical (unpaired) electrons. The van der Waals surface area contributed by atoms with Crippen molar-refractivity contribution in [2.75, 3.05) is 38.1 Å². The number of carbonyl (C=O) groups excluding carboxylic acids is 3. The van der Waals surface area contributed by atoms with Crippen LogP contribution in [0.4, 0.5) is 10.1 Å². The van der Waals surface area contributed by atoms with Crippen LogP contribution in [0.5, 0.6) is 0 Å². The molecule has 2 amide bonds. The predicted octanol–water partition coefficient (Wildman–Crippen LogP) is 6.58. The Balaban J connectivity index is 1.30. The minimum absolute atomic E-state index is 0.105. The van der Waals surface area contributed by atoms with E-state index in [-0.39, 0.29) is 17.6 Å². The second-order valence-corrected chi connectivity index (χ2v) is 13.4. The van der Waals surface area contributed by atoms with Crippen molar-refractivity contribution in [3.05, 3.63) is 148 Å². The normalized spacial score (nSPS) is 23.0. The van der Waals surface area contributed by atoms with E-state index in [4.69, 9.17) is 16.0 Å². The second kappa shape index (κ2) is 12.7. The van der Waals surface area contributed by atoms with Crippen molar-refractivity contribution in [1.82, 2.24) is 15.5 Å². The molecule has 4 heterocycles. The standard InChI is InChI=1S/C40H34ClFN4O4/c1-45-31-13-7-4-10-28(31)40(39(45)49)35(37(47)24-14-16-25(17-15-24)38(48)46-22-20-43-21-23-46)34(36(44-40)27-9-3-6-12-30(27)42)33-19-18-32(50-33)26-8-2-5-11-29(26)41/h2-19,34-36,43-44H,20-23H2,1H3/t34-,35+,36+,40-/m1/s1. The molecule has 4 aromatic carbocycles. The molecule has 8 rings (SSSR count). The number of nitrogens with one attached hydrogen (secondary N) is 2. The highest BCUT2D eigenvalue weighted by atomic mass is 35.5. The van der Waals surface area contributed by atoms with Crippen LogP contribution in [0.2, 0.25) is 5.02 Å². The van der Waals surface area contributed by atoms with Gasteiger partial charge in [-0.2, -0.15) is 0 Å². The first-order valence-electron chi connectivity index (χ1n) is 16.7. The molecule has 0 saturated carbocycles. The number of para-hydroxylation sites is 1. The lowest BCUT2D eigenvalue weighted by molar-refractivity contribution is -0.124. The fourth-order valence-corrected chi connectivity index (χ4v) is 8.18. The molecule has 8 nitrogen and oxygen atoms in total. The smallest absolute Gasteiger partial charge is 0.253 e. The number of piperazine rings is 1. The van der Waals surface area contributed by atoms with Gasteiger partial charge in [0.1, 0.15) is 22.9 Å². The number of benzene rings is 4. The molecule has 0 aliphatic carbocycles. The van der Waals surface area contributed by atoms with Gasteiger partial charge in [-0.25, -0.2) is 4.39 Å². The van der Waals surface area contributed by atoms with Crippen molar-refractivity contribution in [3.63, 3.8) is 0 Å². The van der Waals surface area contributed by atoms with E-state index in [1.54, 1.807) is 77.5 Å². The average Bonchev–Trinajstić information content (AvgIpc) is 3.83. The van der Waals surface area contributed by atoms with E-state index in [1.807, 2.05) is 42.5 Å². The third kappa shape index (κ3) is 5.07. The molecule has 1 aromatic heterocycles. The summed E-state index contributed by atoms with van der Waals surface area (Å²) in [5.41, 5.74) is 1.48. The van der Waals surface area contributed by atoms with Gasteiger partial charge in [-0.05, 0) is 48.5 Å². The van der Waals surface area contributed by atoms with Crippen LogP contribution in [0.1, 0.15) is 49.6 Å². The quantitative estimate of drug-likeness (QED) is 0.196. The topological polar surface area (TPSA) is 94.9 Å². The minimum atomic E-state index is -1.56. The van der Waals surface area contributed by atoms with E-state index in [0.717, 1.165) is 13.1 Å². The lowest BCUT2D eigenvalue weighted by Gasteiger charge is -2.31. The molecule has 5 aromatic rings. The van der Waals surface area contributed by atoms with Crippen molar-refractivity contribution in [2.24, 2.45) is 5.92 Å². The lowest BCUT2D eigenvalue weighted by atomic mass is 9.70. The predicted molar refractivity (Wildman–Crippen MR) is 189 cm³/mol. The zero-order chi connectivity index (χ0) is 34.6. The third-order valence-corrected chi connectivity index (χ3v) is 10.7. The Morgan fingerprint density at radius 3 is 2.30 bits per heavy atom. The molecule has 10 heteroatoms. The van der Waals surface area contributed by atoms with Crippen LogP contribution in [0.25, 0.3) is 11.3 Å². The minimum Gasteiger partial charge on any atom is -0.461 e. The van der Waals surface area contributed by atoms with Gasteiger partial charge in [0.05, 0.1) is 10.9 Å². The maximum absolute atomic E-state index is 15.8. The number of anilines is 1. The first-order chi connectivity index (χ1) is 24.3. The molecule has 252 valence electrons. The number of carbonyl (C=O) groups is 3. The van der Waals surface area contributed by atoms with Crippen LogP contribution < -0.4 is 15.5 Å². The molecule has 2 saturated heterocycles. The summed E-state index contributed by atoms with van der Waals surface area (Å²) in [6.07, 6.45) is 0. The highest BCUT2D eigenvalue weighted by molar-refractivity contribution is 6.33. The number of ketones is 1. The van der Waals surface area contributed by atoms with E-state index >= 15 is 9.18 Å². The SMILES string of the molecule is CN1C(=O)[C@@]2(N[C@@H](c3ccccc3F)[C@H](c3ccc(-c4ccccc4Cl)o3)[C@H]2C(=O)c2ccc(C(=O)N3CCNCC3)cc2)c2ccccc21. The fourth-order valence-electron chi connectivity index (χ4n) is 7.95. The molecule has 0 bridgehead atoms. The first-order valence-corrected chi connectivity index (χ1v) is 17.1. The number of hydrogen-bond acceptors (Lipinski definition) is 6. The zero-order valence-corrected chi connectivity index (χ0v) is 28.0. The number of furan rings is 1. The number of Topliss-reactive ketones (excluding diaryl/α,β-unsaturated/α-hetero) is 1. The van der Waals surface area contributed by atoms with Crippen LogP contribution >= 0.6 is 11.6 Å². The number of amides is 2. The van der Waals surface area contributed by atoms with Crippen molar-refractivity contribution in [1.29, 1.82) is 0 Å². The van der Waals surface area contributed by atoms with Gasteiger partial charge in [-0.1, -0.05) is 72.3 Å². The highest BCUT2D eigenvalue weighted by Crippen LogP contribution is 2.59. The Bertz CT molecular complexity index is 2130. The molecule has 2 N–H and O–H groups in total. The Morgan fingerprint density at radius 1 is 0.860 bits per heavy atom. The van der Waals surface area contributed by atoms with Crippen molar-refractivity contribution >= 4 is 34.9 Å². The van der Waals surface area contributed by atoms with E-state index in [1.165, 1.54) is 6.07 Å². The second-order valence-electron chi connectivity index (χ2n) is 13.0. The van der Waals surface area contributed by atoms with Gasteiger partial charge in [0.15, 0.2) is 5.78 Å². The zero-order valence-electron chi connectivity index (χ0n) is 27.2. The largest absolute Gasteiger partial charge is 0.461 e. The summed E-state index contributed by atoms with van der Waals surface area (Å²) in [6, 6.07) is 30.4. The van der Waals surface area contributed by atoms with E-state index in [9.17, 15) is 9.59 Å². The van der Waals surface area contributed by atoms with Crippen LogP contribution in [-0.2, 0) is 10.3 Å². The molecular weight excluding hydrogens is 655 g/mol. The summed E-state index contributed by atoms with van der Waals surface area (Å²) in [7, 11) is 1.68. The summed E-state index contributed by atoms with van der Waals surface area (Å²) in [4.78, 5) is 46.4. The van der Waals surface area contributed by atoms with Crippen molar-refractivity contribution < 1.29 is 23.2 Å². The van der Waals surface area contributed by atoms with Crippen LogP contribution in [-0.4, -0.2) is 55.7 Å². The lowest BCUT2D eigenvalue weighted by Crippen LogP contribution is -2.52. The van der Waals surface area contributed by atoms with Gasteiger partial charge in [-0.15, -0.1) is 0 Å².